The number of nitrogens with zero attached hydrogens (tertiary/aromatic N) is 3. The van der Waals surface area contributed by atoms with Crippen LogP contribution in [0.1, 0.15) is 28.0 Å². The van der Waals surface area contributed by atoms with Crippen LogP contribution in [0.15, 0.2) is 17.1 Å². The lowest BCUT2D eigenvalue weighted by atomic mass is 10.1. The fourth-order valence-electron chi connectivity index (χ4n) is 2.57. The van der Waals surface area contributed by atoms with Crippen molar-refractivity contribution in [3.8, 4) is 11.8 Å². The van der Waals surface area contributed by atoms with Gasteiger partial charge in [0.15, 0.2) is 0 Å². The number of nitriles is 1. The molecule has 1 aliphatic carbocycles. The van der Waals surface area contributed by atoms with Gasteiger partial charge in [0.2, 0.25) is 5.75 Å². The van der Waals surface area contributed by atoms with E-state index in [1.807, 2.05) is 0 Å². The van der Waals surface area contributed by atoms with Gasteiger partial charge in [-0.2, -0.15) is 5.26 Å². The molecule has 116 valence electrons. The van der Waals surface area contributed by atoms with Gasteiger partial charge in [-0.05, 0) is 30.9 Å². The number of aryl methyl sites for hydroxylation is 1. The van der Waals surface area contributed by atoms with Crippen LogP contribution in [0.25, 0.3) is 0 Å². The first-order chi connectivity index (χ1) is 11.0. The molecule has 0 atom stereocenters. The Balaban J connectivity index is 2.02. The predicted molar refractivity (Wildman–Crippen MR) is 88.1 cm³/mol. The Hall–Kier alpha value is -2.43. The molecule has 0 amide bonds. The maximum atomic E-state index is 10.9. The van der Waals surface area contributed by atoms with Crippen molar-refractivity contribution in [1.82, 2.24) is 0 Å². The average molecular weight is 348 g/mol. The second-order valence-corrected chi connectivity index (χ2v) is 6.55. The summed E-state index contributed by atoms with van der Waals surface area (Å²) in [6.07, 6.45) is 4.16. The number of fused-ring (bicyclic) bond motifs is 1. The first-order valence-electron chi connectivity index (χ1n) is 6.77. The van der Waals surface area contributed by atoms with Gasteiger partial charge >= 0.3 is 5.69 Å². The fourth-order valence-corrected chi connectivity index (χ4v) is 3.97. The summed E-state index contributed by atoms with van der Waals surface area (Å²) in [4.78, 5) is 15.6. The molecule has 0 radical (unpaired) electrons. The van der Waals surface area contributed by atoms with Gasteiger partial charge in [-0.15, -0.1) is 11.3 Å². The Bertz CT molecular complexity index is 883. The van der Waals surface area contributed by atoms with Crippen molar-refractivity contribution >= 4 is 39.8 Å². The lowest BCUT2D eigenvalue weighted by Gasteiger charge is -2.01. The van der Waals surface area contributed by atoms with Crippen LogP contribution >= 0.6 is 22.9 Å². The lowest BCUT2D eigenvalue weighted by Crippen LogP contribution is -1.92. The number of aromatic hydroxyl groups is 1. The number of halogens is 1. The van der Waals surface area contributed by atoms with Crippen molar-refractivity contribution in [2.45, 2.75) is 19.3 Å². The van der Waals surface area contributed by atoms with Crippen molar-refractivity contribution in [1.29, 1.82) is 5.26 Å². The number of phenols is 1. The maximum absolute atomic E-state index is 10.9. The molecular formula is C15H10ClN3O3S. The van der Waals surface area contributed by atoms with Gasteiger partial charge in [0.1, 0.15) is 11.1 Å². The Kier molecular flexibility index (Phi) is 4.03. The summed E-state index contributed by atoms with van der Waals surface area (Å²) in [5.74, 6) is -0.495. The molecule has 0 bridgehead atoms. The highest BCUT2D eigenvalue weighted by atomic mass is 35.5. The standard InChI is InChI=1S/C15H10ClN3O3S/c16-9-4-8(14(20)12(5-9)19(21)22)7-18-15-11(6-17)10-2-1-3-13(10)23-15/h4-5,7,20H,1-3H2/b18-7+. The summed E-state index contributed by atoms with van der Waals surface area (Å²) in [5, 5.41) is 30.8. The quantitative estimate of drug-likeness (QED) is 0.512. The number of phenolic OH excluding ortho intramolecular Hbond substituents is 1. The number of hydrogen-bond acceptors (Lipinski definition) is 6. The number of thiophene rings is 1. The highest BCUT2D eigenvalue weighted by Gasteiger charge is 2.22. The van der Waals surface area contributed by atoms with Crippen LogP contribution in [-0.4, -0.2) is 16.2 Å². The molecule has 1 N–H and O–H groups in total. The molecule has 0 unspecified atom stereocenters. The van der Waals surface area contributed by atoms with Gasteiger partial charge in [0.05, 0.1) is 10.5 Å². The van der Waals surface area contributed by atoms with E-state index in [1.54, 1.807) is 0 Å². The van der Waals surface area contributed by atoms with Gasteiger partial charge in [-0.1, -0.05) is 11.6 Å². The van der Waals surface area contributed by atoms with Gasteiger partial charge in [0.25, 0.3) is 0 Å². The maximum Gasteiger partial charge on any atom is 0.312 e. The summed E-state index contributed by atoms with van der Waals surface area (Å²) in [7, 11) is 0. The minimum absolute atomic E-state index is 0.130. The Labute approximate surface area is 140 Å². The minimum atomic E-state index is -0.709. The van der Waals surface area contributed by atoms with Crippen molar-refractivity contribution in [2.24, 2.45) is 4.99 Å². The van der Waals surface area contributed by atoms with Crippen LogP contribution in [0, 0.1) is 21.4 Å². The van der Waals surface area contributed by atoms with Crippen molar-refractivity contribution < 1.29 is 10.0 Å². The average Bonchev–Trinajstić information content (AvgIpc) is 3.07. The monoisotopic (exact) mass is 347 g/mol. The highest BCUT2D eigenvalue weighted by Crippen LogP contribution is 2.40. The third-order valence-electron chi connectivity index (χ3n) is 3.62. The van der Waals surface area contributed by atoms with Crippen LogP contribution in [0.2, 0.25) is 5.02 Å². The molecule has 2 aromatic rings. The van der Waals surface area contributed by atoms with E-state index in [0.717, 1.165) is 35.8 Å². The molecule has 23 heavy (non-hydrogen) atoms. The molecule has 1 aromatic heterocycles. The van der Waals surface area contributed by atoms with Crippen LogP contribution in [0.4, 0.5) is 10.7 Å². The van der Waals surface area contributed by atoms with Crippen LogP contribution in [0.3, 0.4) is 0 Å². The van der Waals surface area contributed by atoms with Gasteiger partial charge in [0, 0.05) is 27.7 Å². The fraction of sp³-hybridized carbons (Fsp3) is 0.200. The van der Waals surface area contributed by atoms with E-state index >= 15 is 0 Å². The molecule has 6 nitrogen and oxygen atoms in total. The number of aliphatic imine (C=N–C) groups is 1. The molecule has 1 heterocycles. The van der Waals surface area contributed by atoms with E-state index in [-0.39, 0.29) is 10.6 Å². The molecule has 1 aliphatic rings. The second kappa shape index (κ2) is 5.99. The Morgan fingerprint density at radius 2 is 2.26 bits per heavy atom. The molecular weight excluding hydrogens is 338 g/mol. The normalized spacial score (nSPS) is 13.2. The minimum Gasteiger partial charge on any atom is -0.502 e. The lowest BCUT2D eigenvalue weighted by molar-refractivity contribution is -0.385. The van der Waals surface area contributed by atoms with Crippen molar-refractivity contribution in [2.75, 3.05) is 0 Å². The van der Waals surface area contributed by atoms with E-state index < -0.39 is 16.4 Å². The first kappa shape index (κ1) is 15.5. The topological polar surface area (TPSA) is 99.5 Å². The molecule has 0 aliphatic heterocycles. The van der Waals surface area contributed by atoms with Gasteiger partial charge in [-0.25, -0.2) is 4.99 Å². The van der Waals surface area contributed by atoms with Crippen molar-refractivity contribution in [3.63, 3.8) is 0 Å². The molecule has 0 saturated heterocycles. The SMILES string of the molecule is N#Cc1c(/N=C/c2cc(Cl)cc([N+](=O)[O-])c2O)sc2c1CCC2. The molecule has 8 heteroatoms. The van der Waals surface area contributed by atoms with Gasteiger partial charge in [-0.3, -0.25) is 10.1 Å². The van der Waals surface area contributed by atoms with E-state index in [1.165, 1.54) is 23.6 Å². The highest BCUT2D eigenvalue weighted by molar-refractivity contribution is 7.16. The third kappa shape index (κ3) is 2.79. The number of rotatable bonds is 3. The van der Waals surface area contributed by atoms with Crippen LogP contribution in [0.5, 0.6) is 5.75 Å². The summed E-state index contributed by atoms with van der Waals surface area (Å²) in [6.45, 7) is 0. The van der Waals surface area contributed by atoms with E-state index in [4.69, 9.17) is 11.6 Å². The Morgan fingerprint density at radius 1 is 1.48 bits per heavy atom. The van der Waals surface area contributed by atoms with E-state index in [9.17, 15) is 20.5 Å². The second-order valence-electron chi connectivity index (χ2n) is 5.03. The number of benzene rings is 1. The molecule has 0 saturated carbocycles. The number of nitro groups is 1. The zero-order valence-electron chi connectivity index (χ0n) is 11.7. The van der Waals surface area contributed by atoms with E-state index in [0.29, 0.717) is 10.6 Å². The third-order valence-corrected chi connectivity index (χ3v) is 5.03. The summed E-state index contributed by atoms with van der Waals surface area (Å²) in [6, 6.07) is 4.64. The molecule has 0 fully saturated rings. The summed E-state index contributed by atoms with van der Waals surface area (Å²) >= 11 is 7.28. The van der Waals surface area contributed by atoms with Crippen LogP contribution < -0.4 is 0 Å². The zero-order chi connectivity index (χ0) is 16.6. The molecule has 1 aromatic carbocycles. The molecule has 3 rings (SSSR count). The van der Waals surface area contributed by atoms with E-state index in [2.05, 4.69) is 11.1 Å². The zero-order valence-corrected chi connectivity index (χ0v) is 13.3. The first-order valence-corrected chi connectivity index (χ1v) is 7.96. The predicted octanol–water partition coefficient (Wildman–Crippen LogP) is 4.13. The molecule has 0 spiro atoms. The van der Waals surface area contributed by atoms with Crippen LogP contribution in [-0.2, 0) is 12.8 Å². The Morgan fingerprint density at radius 3 is 2.96 bits per heavy atom. The summed E-state index contributed by atoms with van der Waals surface area (Å²) in [5.41, 5.74) is 1.26. The number of hydrogen-bond donors (Lipinski definition) is 1. The smallest absolute Gasteiger partial charge is 0.312 e. The van der Waals surface area contributed by atoms with Gasteiger partial charge < -0.3 is 5.11 Å². The summed E-state index contributed by atoms with van der Waals surface area (Å²) < 4.78 is 0. The largest absolute Gasteiger partial charge is 0.502 e. The number of nitro benzene ring substituents is 1. The van der Waals surface area contributed by atoms with Crippen molar-refractivity contribution in [3.05, 3.63) is 48.8 Å².